The minimum atomic E-state index is -0.598. The summed E-state index contributed by atoms with van der Waals surface area (Å²) in [5, 5.41) is 9.34. The van der Waals surface area contributed by atoms with Crippen LogP contribution in [0.2, 0.25) is 0 Å². The molecule has 3 aromatic rings. The van der Waals surface area contributed by atoms with E-state index < -0.39 is 12.1 Å². The van der Waals surface area contributed by atoms with Crippen molar-refractivity contribution in [3.63, 3.8) is 0 Å². The van der Waals surface area contributed by atoms with Crippen molar-refractivity contribution in [2.75, 3.05) is 11.9 Å². The lowest BCUT2D eigenvalue weighted by molar-refractivity contribution is -0.133. The van der Waals surface area contributed by atoms with Crippen molar-refractivity contribution in [1.29, 1.82) is 0 Å². The number of imidazole rings is 1. The molecule has 0 bridgehead atoms. The zero-order valence-corrected chi connectivity index (χ0v) is 16.4. The first-order valence-corrected chi connectivity index (χ1v) is 9.59. The molecule has 1 aliphatic heterocycles. The first kappa shape index (κ1) is 18.9. The molecule has 2 N–H and O–H groups in total. The number of hydrogen-bond donors (Lipinski definition) is 2. The maximum Gasteiger partial charge on any atom is 0.319 e. The fraction of sp³-hybridized carbons (Fsp3) is 0.421. The summed E-state index contributed by atoms with van der Waals surface area (Å²) in [4.78, 5) is 35.6. The van der Waals surface area contributed by atoms with E-state index in [9.17, 15) is 9.59 Å². The summed E-state index contributed by atoms with van der Waals surface area (Å²) in [7, 11) is 0. The van der Waals surface area contributed by atoms with Crippen molar-refractivity contribution in [1.82, 2.24) is 29.7 Å². The van der Waals surface area contributed by atoms with Gasteiger partial charge in [0.2, 0.25) is 11.8 Å². The Balaban J connectivity index is 1.40. The number of likely N-dealkylation sites (tertiary alicyclic amines) is 1. The number of hydrogen-bond acceptors (Lipinski definition) is 6. The van der Waals surface area contributed by atoms with Gasteiger partial charge in [0.1, 0.15) is 18.2 Å². The number of rotatable bonds is 4. The Hall–Kier alpha value is -3.43. The minimum absolute atomic E-state index is 0.146. The van der Waals surface area contributed by atoms with E-state index in [1.807, 2.05) is 23.7 Å². The highest BCUT2D eigenvalue weighted by Gasteiger charge is 2.29. The first-order chi connectivity index (χ1) is 14.0. The Labute approximate surface area is 167 Å². The highest BCUT2D eigenvalue weighted by atomic mass is 16.5. The zero-order valence-electron chi connectivity index (χ0n) is 16.4. The molecule has 10 nitrogen and oxygen atoms in total. The lowest BCUT2D eigenvalue weighted by Crippen LogP contribution is -2.48. The Morgan fingerprint density at radius 3 is 2.97 bits per heavy atom. The van der Waals surface area contributed by atoms with Gasteiger partial charge in [-0.2, -0.15) is 4.98 Å². The number of carbonyl (C=O) groups excluding carboxylic acids is 2. The van der Waals surface area contributed by atoms with Crippen LogP contribution < -0.4 is 10.6 Å². The normalized spacial score (nSPS) is 17.4. The SMILES string of the molecule is Cc1cn2ccc(NC(=O)NC3CCCCN(Cc4nc(C)no4)C3=O)cc2n1. The van der Waals surface area contributed by atoms with Crippen molar-refractivity contribution in [2.45, 2.75) is 45.7 Å². The van der Waals surface area contributed by atoms with Crippen molar-refractivity contribution >= 4 is 23.3 Å². The Morgan fingerprint density at radius 2 is 2.17 bits per heavy atom. The number of nitrogens with one attached hydrogen (secondary N) is 2. The summed E-state index contributed by atoms with van der Waals surface area (Å²) >= 11 is 0. The molecule has 3 aromatic heterocycles. The number of aryl methyl sites for hydroxylation is 2. The third-order valence-corrected chi connectivity index (χ3v) is 4.82. The number of urea groups is 1. The van der Waals surface area contributed by atoms with Gasteiger partial charge in [-0.3, -0.25) is 4.79 Å². The molecule has 0 aromatic carbocycles. The second-order valence-electron chi connectivity index (χ2n) is 7.21. The van der Waals surface area contributed by atoms with Crippen molar-refractivity contribution in [2.24, 2.45) is 0 Å². The summed E-state index contributed by atoms with van der Waals surface area (Å²) in [6, 6.07) is 2.55. The van der Waals surface area contributed by atoms with Crippen LogP contribution in [0.25, 0.3) is 5.65 Å². The van der Waals surface area contributed by atoms with Crippen LogP contribution in [0.4, 0.5) is 10.5 Å². The number of pyridine rings is 1. The molecule has 10 heteroatoms. The lowest BCUT2D eigenvalue weighted by atomic mass is 10.1. The number of amides is 3. The molecular formula is C19H23N7O3. The van der Waals surface area contributed by atoms with Gasteiger partial charge in [-0.1, -0.05) is 5.16 Å². The fourth-order valence-corrected chi connectivity index (χ4v) is 3.48. The number of anilines is 1. The second kappa shape index (κ2) is 7.90. The topological polar surface area (TPSA) is 118 Å². The van der Waals surface area contributed by atoms with E-state index in [1.165, 1.54) is 0 Å². The maximum atomic E-state index is 12.9. The number of nitrogens with zero attached hydrogens (tertiary/aromatic N) is 5. The van der Waals surface area contributed by atoms with Gasteiger partial charge in [0, 0.05) is 30.7 Å². The van der Waals surface area contributed by atoms with Crippen LogP contribution in [-0.2, 0) is 11.3 Å². The summed E-state index contributed by atoms with van der Waals surface area (Å²) in [6.07, 6.45) is 6.02. The maximum absolute atomic E-state index is 12.9. The highest BCUT2D eigenvalue weighted by Crippen LogP contribution is 2.16. The van der Waals surface area contributed by atoms with Crippen molar-refractivity contribution in [3.8, 4) is 0 Å². The average Bonchev–Trinajstić information content (AvgIpc) is 3.21. The molecule has 3 amide bonds. The van der Waals surface area contributed by atoms with Crippen LogP contribution in [0.3, 0.4) is 0 Å². The van der Waals surface area contributed by atoms with Crippen LogP contribution in [0.15, 0.2) is 29.0 Å². The molecular weight excluding hydrogens is 374 g/mol. The first-order valence-electron chi connectivity index (χ1n) is 9.59. The Bertz CT molecular complexity index is 1040. The molecule has 4 rings (SSSR count). The standard InChI is InChI=1S/C19H23N7O3/c1-12-10-25-8-6-14(9-16(25)20-12)22-19(28)23-15-5-3-4-7-26(18(15)27)11-17-21-13(2)24-29-17/h6,8-10,15H,3-5,7,11H2,1-2H3,(H2,22,23,28). The molecule has 1 fully saturated rings. The van der Waals surface area contributed by atoms with Crippen LogP contribution >= 0.6 is 0 Å². The molecule has 152 valence electrons. The van der Waals surface area contributed by atoms with E-state index in [2.05, 4.69) is 25.8 Å². The van der Waals surface area contributed by atoms with Crippen molar-refractivity contribution in [3.05, 3.63) is 41.9 Å². The number of carbonyl (C=O) groups is 2. The van der Waals surface area contributed by atoms with Gasteiger partial charge in [-0.05, 0) is 39.2 Å². The van der Waals surface area contributed by atoms with E-state index in [0.717, 1.165) is 24.2 Å². The monoisotopic (exact) mass is 397 g/mol. The number of aromatic nitrogens is 4. The van der Waals surface area contributed by atoms with Crippen LogP contribution in [-0.4, -0.2) is 49.0 Å². The summed E-state index contributed by atoms with van der Waals surface area (Å²) in [6.45, 7) is 4.48. The van der Waals surface area contributed by atoms with Crippen LogP contribution in [0.1, 0.15) is 36.7 Å². The van der Waals surface area contributed by atoms with E-state index in [-0.39, 0.29) is 12.5 Å². The fourth-order valence-electron chi connectivity index (χ4n) is 3.48. The van der Waals surface area contributed by atoms with Crippen LogP contribution in [0.5, 0.6) is 0 Å². The van der Waals surface area contributed by atoms with E-state index in [1.54, 1.807) is 24.0 Å². The Kier molecular flexibility index (Phi) is 5.15. The predicted molar refractivity (Wildman–Crippen MR) is 104 cm³/mol. The van der Waals surface area contributed by atoms with Gasteiger partial charge in [0.25, 0.3) is 0 Å². The van der Waals surface area contributed by atoms with E-state index in [0.29, 0.717) is 30.4 Å². The summed E-state index contributed by atoms with van der Waals surface area (Å²) in [5.41, 5.74) is 2.25. The zero-order chi connectivity index (χ0) is 20.4. The van der Waals surface area contributed by atoms with E-state index >= 15 is 0 Å². The summed E-state index contributed by atoms with van der Waals surface area (Å²) < 4.78 is 7.01. The smallest absolute Gasteiger partial charge is 0.319 e. The van der Waals surface area contributed by atoms with Gasteiger partial charge in [-0.15, -0.1) is 0 Å². The third kappa shape index (κ3) is 4.36. The summed E-state index contributed by atoms with van der Waals surface area (Å²) in [5.74, 6) is 0.776. The van der Waals surface area contributed by atoms with Gasteiger partial charge >= 0.3 is 6.03 Å². The van der Waals surface area contributed by atoms with Gasteiger partial charge < -0.3 is 24.5 Å². The number of fused-ring (bicyclic) bond motifs is 1. The van der Waals surface area contributed by atoms with Crippen molar-refractivity contribution < 1.29 is 14.1 Å². The van der Waals surface area contributed by atoms with Gasteiger partial charge in [-0.25, -0.2) is 9.78 Å². The molecule has 0 aliphatic carbocycles. The molecule has 0 radical (unpaired) electrons. The molecule has 1 unspecified atom stereocenters. The predicted octanol–water partition coefficient (Wildman–Crippen LogP) is 2.04. The van der Waals surface area contributed by atoms with Crippen LogP contribution in [0, 0.1) is 13.8 Å². The molecule has 1 aliphatic rings. The molecule has 0 spiro atoms. The van der Waals surface area contributed by atoms with E-state index in [4.69, 9.17) is 4.52 Å². The third-order valence-electron chi connectivity index (χ3n) is 4.82. The quantitative estimate of drug-likeness (QED) is 0.696. The second-order valence-corrected chi connectivity index (χ2v) is 7.21. The minimum Gasteiger partial charge on any atom is -0.337 e. The highest BCUT2D eigenvalue weighted by molar-refractivity contribution is 5.94. The lowest BCUT2D eigenvalue weighted by Gasteiger charge is -2.23. The molecule has 1 atom stereocenters. The molecule has 4 heterocycles. The Morgan fingerprint density at radius 1 is 1.31 bits per heavy atom. The molecule has 0 saturated carbocycles. The average molecular weight is 397 g/mol. The largest absolute Gasteiger partial charge is 0.337 e. The molecule has 29 heavy (non-hydrogen) atoms. The van der Waals surface area contributed by atoms with Gasteiger partial charge in [0.15, 0.2) is 5.82 Å². The molecule has 1 saturated heterocycles. The van der Waals surface area contributed by atoms with Gasteiger partial charge in [0.05, 0.1) is 5.69 Å².